The van der Waals surface area contributed by atoms with Crippen LogP contribution < -0.4 is 16.0 Å². The molecule has 0 radical (unpaired) electrons. The van der Waals surface area contributed by atoms with Crippen molar-refractivity contribution < 1.29 is 4.79 Å². The third kappa shape index (κ3) is 2.97. The highest BCUT2D eigenvalue weighted by Crippen LogP contribution is 2.21. The summed E-state index contributed by atoms with van der Waals surface area (Å²) in [6, 6.07) is 0. The number of carbonyl (C=O) groups excluding carboxylic acids is 1. The molecule has 1 aromatic heterocycles. The molecule has 1 aromatic rings. The van der Waals surface area contributed by atoms with Crippen LogP contribution in [0.5, 0.6) is 0 Å². The zero-order chi connectivity index (χ0) is 13.0. The van der Waals surface area contributed by atoms with Crippen LogP contribution in [0.2, 0.25) is 0 Å². The number of carbonyl (C=O) groups is 1. The number of primary amides is 1. The van der Waals surface area contributed by atoms with Crippen molar-refractivity contribution in [3.05, 3.63) is 11.3 Å². The number of nitrogens with one attached hydrogen (secondary N) is 1. The summed E-state index contributed by atoms with van der Waals surface area (Å²) in [7, 11) is 5.69. The Bertz CT molecular complexity index is 399. The van der Waals surface area contributed by atoms with Gasteiger partial charge in [0.15, 0.2) is 0 Å². The summed E-state index contributed by atoms with van der Waals surface area (Å²) in [6.45, 7) is 3.58. The normalized spacial score (nSPS) is 10.6. The molecule has 0 bridgehead atoms. The topological polar surface area (TPSA) is 76.2 Å². The predicted molar refractivity (Wildman–Crippen MR) is 68.3 cm³/mol. The van der Waals surface area contributed by atoms with Gasteiger partial charge in [-0.05, 0) is 26.9 Å². The summed E-state index contributed by atoms with van der Waals surface area (Å²) in [5.74, 6) is 0.358. The molecule has 0 fully saturated rings. The van der Waals surface area contributed by atoms with Crippen molar-refractivity contribution in [2.75, 3.05) is 32.1 Å². The van der Waals surface area contributed by atoms with E-state index in [0.717, 1.165) is 25.3 Å². The molecule has 0 aliphatic carbocycles. The lowest BCUT2D eigenvalue weighted by molar-refractivity contribution is 0.1000. The van der Waals surface area contributed by atoms with Gasteiger partial charge in [-0.2, -0.15) is 5.10 Å². The second-order valence-corrected chi connectivity index (χ2v) is 4.15. The summed E-state index contributed by atoms with van der Waals surface area (Å²) in [6.07, 6.45) is 0.995. The van der Waals surface area contributed by atoms with Crippen molar-refractivity contribution in [1.29, 1.82) is 0 Å². The fraction of sp³-hybridized carbons (Fsp3) is 0.636. The Morgan fingerprint density at radius 2 is 2.24 bits per heavy atom. The van der Waals surface area contributed by atoms with Crippen molar-refractivity contribution in [2.24, 2.45) is 12.8 Å². The van der Waals surface area contributed by atoms with E-state index < -0.39 is 5.91 Å². The van der Waals surface area contributed by atoms with Crippen LogP contribution in [0.15, 0.2) is 0 Å². The molecule has 0 unspecified atom stereocenters. The molecule has 1 heterocycles. The van der Waals surface area contributed by atoms with E-state index in [4.69, 9.17) is 5.73 Å². The Hall–Kier alpha value is -1.56. The first-order chi connectivity index (χ1) is 7.99. The number of hydrogen-bond donors (Lipinski definition) is 2. The first-order valence-electron chi connectivity index (χ1n) is 5.68. The quantitative estimate of drug-likeness (QED) is 0.678. The summed E-state index contributed by atoms with van der Waals surface area (Å²) in [5.41, 5.74) is 6.58. The summed E-state index contributed by atoms with van der Waals surface area (Å²) in [4.78, 5) is 13.4. The van der Waals surface area contributed by atoms with E-state index in [0.29, 0.717) is 11.3 Å². The molecule has 0 atom stereocenters. The fourth-order valence-corrected chi connectivity index (χ4v) is 1.97. The molecule has 0 aromatic carbocycles. The van der Waals surface area contributed by atoms with E-state index in [2.05, 4.69) is 10.4 Å². The monoisotopic (exact) mass is 239 g/mol. The van der Waals surface area contributed by atoms with Gasteiger partial charge in [0.25, 0.3) is 5.91 Å². The first kappa shape index (κ1) is 13.5. The molecule has 0 spiro atoms. The minimum Gasteiger partial charge on any atom is -0.365 e. The standard InChI is InChI=1S/C11H21N5O/c1-8-9(10(12)17)11(16(4)14-8)15(3)7-5-6-13-2/h13H,5-7H2,1-4H3,(H2,12,17). The van der Waals surface area contributed by atoms with E-state index in [1.807, 2.05) is 26.0 Å². The lowest BCUT2D eigenvalue weighted by Crippen LogP contribution is -2.27. The van der Waals surface area contributed by atoms with Gasteiger partial charge in [0.2, 0.25) is 0 Å². The average Bonchev–Trinajstić information content (AvgIpc) is 2.53. The zero-order valence-electron chi connectivity index (χ0n) is 10.9. The van der Waals surface area contributed by atoms with Crippen LogP contribution in [0.1, 0.15) is 22.5 Å². The Morgan fingerprint density at radius 1 is 1.59 bits per heavy atom. The maximum Gasteiger partial charge on any atom is 0.254 e. The SMILES string of the molecule is CNCCCN(C)c1c(C(N)=O)c(C)nn1C. The molecule has 0 saturated carbocycles. The highest BCUT2D eigenvalue weighted by Gasteiger charge is 2.20. The van der Waals surface area contributed by atoms with Crippen molar-refractivity contribution >= 4 is 11.7 Å². The van der Waals surface area contributed by atoms with Crippen molar-refractivity contribution in [2.45, 2.75) is 13.3 Å². The molecule has 96 valence electrons. The van der Waals surface area contributed by atoms with Crippen molar-refractivity contribution in [3.8, 4) is 0 Å². The summed E-state index contributed by atoms with van der Waals surface area (Å²) >= 11 is 0. The van der Waals surface area contributed by atoms with Crippen LogP contribution in [-0.4, -0.2) is 42.9 Å². The molecule has 6 heteroatoms. The van der Waals surface area contributed by atoms with Gasteiger partial charge < -0.3 is 16.0 Å². The fourth-order valence-electron chi connectivity index (χ4n) is 1.97. The summed E-state index contributed by atoms with van der Waals surface area (Å²) < 4.78 is 1.70. The van der Waals surface area contributed by atoms with Crippen molar-refractivity contribution in [1.82, 2.24) is 15.1 Å². The highest BCUT2D eigenvalue weighted by atomic mass is 16.1. The maximum absolute atomic E-state index is 11.4. The molecular formula is C11H21N5O. The Kier molecular flexibility index (Phi) is 4.51. The van der Waals surface area contributed by atoms with E-state index in [1.165, 1.54) is 0 Å². The molecule has 0 aliphatic heterocycles. The minimum absolute atomic E-state index is 0.425. The average molecular weight is 239 g/mol. The number of amides is 1. The van der Waals surface area contributed by atoms with E-state index >= 15 is 0 Å². The number of anilines is 1. The van der Waals surface area contributed by atoms with Gasteiger partial charge in [0, 0.05) is 20.6 Å². The van der Waals surface area contributed by atoms with Crippen LogP contribution >= 0.6 is 0 Å². The van der Waals surface area contributed by atoms with E-state index in [1.54, 1.807) is 11.6 Å². The second-order valence-electron chi connectivity index (χ2n) is 4.15. The number of nitrogens with zero attached hydrogens (tertiary/aromatic N) is 3. The van der Waals surface area contributed by atoms with Gasteiger partial charge in [-0.1, -0.05) is 0 Å². The first-order valence-corrected chi connectivity index (χ1v) is 5.68. The van der Waals surface area contributed by atoms with Crippen LogP contribution in [0.3, 0.4) is 0 Å². The van der Waals surface area contributed by atoms with Crippen LogP contribution in [0.25, 0.3) is 0 Å². The largest absolute Gasteiger partial charge is 0.365 e. The minimum atomic E-state index is -0.425. The van der Waals surface area contributed by atoms with Crippen LogP contribution in [-0.2, 0) is 7.05 Å². The lowest BCUT2D eigenvalue weighted by atomic mass is 10.2. The second kappa shape index (κ2) is 5.67. The van der Waals surface area contributed by atoms with Gasteiger partial charge >= 0.3 is 0 Å². The third-order valence-electron chi connectivity index (χ3n) is 2.72. The molecule has 3 N–H and O–H groups in total. The molecule has 6 nitrogen and oxygen atoms in total. The third-order valence-corrected chi connectivity index (χ3v) is 2.72. The number of aryl methyl sites for hydroxylation is 2. The number of hydrogen-bond acceptors (Lipinski definition) is 4. The molecular weight excluding hydrogens is 218 g/mol. The molecule has 0 aliphatic rings. The molecule has 1 rings (SSSR count). The van der Waals surface area contributed by atoms with E-state index in [-0.39, 0.29) is 0 Å². The Balaban J connectivity index is 2.92. The zero-order valence-corrected chi connectivity index (χ0v) is 10.9. The van der Waals surface area contributed by atoms with Gasteiger partial charge in [-0.15, -0.1) is 0 Å². The lowest BCUT2D eigenvalue weighted by Gasteiger charge is -2.20. The number of rotatable bonds is 6. The van der Waals surface area contributed by atoms with Crippen LogP contribution in [0, 0.1) is 6.92 Å². The van der Waals surface area contributed by atoms with E-state index in [9.17, 15) is 4.79 Å². The van der Waals surface area contributed by atoms with Gasteiger partial charge in [-0.25, -0.2) is 0 Å². The Labute approximate surface area is 102 Å². The van der Waals surface area contributed by atoms with Gasteiger partial charge in [-0.3, -0.25) is 9.48 Å². The summed E-state index contributed by atoms with van der Waals surface area (Å²) in [5, 5.41) is 7.33. The van der Waals surface area contributed by atoms with Crippen LogP contribution in [0.4, 0.5) is 5.82 Å². The molecule has 17 heavy (non-hydrogen) atoms. The van der Waals surface area contributed by atoms with Crippen molar-refractivity contribution in [3.63, 3.8) is 0 Å². The smallest absolute Gasteiger partial charge is 0.254 e. The predicted octanol–water partition coefficient (Wildman–Crippen LogP) is -0.127. The number of nitrogens with two attached hydrogens (primary N) is 1. The van der Waals surface area contributed by atoms with Gasteiger partial charge in [0.05, 0.1) is 5.69 Å². The van der Waals surface area contributed by atoms with Gasteiger partial charge in [0.1, 0.15) is 11.4 Å². The highest BCUT2D eigenvalue weighted by molar-refractivity contribution is 5.99. The maximum atomic E-state index is 11.4. The Morgan fingerprint density at radius 3 is 2.76 bits per heavy atom. The molecule has 0 saturated heterocycles. The number of aromatic nitrogens is 2. The molecule has 1 amide bonds.